The molecule has 0 bridgehead atoms. The van der Waals surface area contributed by atoms with Gasteiger partial charge in [0.2, 0.25) is 5.91 Å². The number of rotatable bonds is 4. The largest absolute Gasteiger partial charge is 0.352 e. The zero-order chi connectivity index (χ0) is 14.9. The fourth-order valence-electron chi connectivity index (χ4n) is 1.59. The van der Waals surface area contributed by atoms with E-state index in [9.17, 15) is 22.8 Å². The van der Waals surface area contributed by atoms with Gasteiger partial charge < -0.3 is 10.6 Å². The normalized spacial score (nSPS) is 15.6. The minimum atomic E-state index is -1.64. The number of amides is 2. The van der Waals surface area contributed by atoms with Crippen LogP contribution in [0.1, 0.15) is 30.1 Å². The molecule has 1 aliphatic carbocycles. The minimum Gasteiger partial charge on any atom is -0.352 e. The lowest BCUT2D eigenvalue weighted by atomic mass is 10.1. The average molecular weight is 286 g/mol. The van der Waals surface area contributed by atoms with Crippen molar-refractivity contribution in [2.24, 2.45) is 0 Å². The molecular formula is C13H13F3N2O2. The molecule has 4 nitrogen and oxygen atoms in total. The highest BCUT2D eigenvalue weighted by molar-refractivity contribution is 5.97. The predicted octanol–water partition coefficient (Wildman–Crippen LogP) is 1.50. The van der Waals surface area contributed by atoms with Gasteiger partial charge in [0.15, 0.2) is 17.5 Å². The SMILES string of the molecule is CC(NC(=O)c1cc(F)c(F)c(F)c1)C(=O)NC1CC1. The smallest absolute Gasteiger partial charge is 0.252 e. The number of hydrogen-bond acceptors (Lipinski definition) is 2. The molecule has 7 heteroatoms. The summed E-state index contributed by atoms with van der Waals surface area (Å²) in [6.45, 7) is 1.45. The fourth-order valence-corrected chi connectivity index (χ4v) is 1.59. The van der Waals surface area contributed by atoms with Crippen LogP contribution in [0.4, 0.5) is 13.2 Å². The number of carbonyl (C=O) groups excluding carboxylic acids is 2. The van der Waals surface area contributed by atoms with Crippen LogP contribution in [0.15, 0.2) is 12.1 Å². The van der Waals surface area contributed by atoms with Crippen LogP contribution in [0.25, 0.3) is 0 Å². The van der Waals surface area contributed by atoms with Crippen molar-refractivity contribution >= 4 is 11.8 Å². The second-order valence-corrected chi connectivity index (χ2v) is 4.73. The van der Waals surface area contributed by atoms with E-state index in [1.807, 2.05) is 0 Å². The summed E-state index contributed by atoms with van der Waals surface area (Å²) in [5.41, 5.74) is -0.382. The molecule has 1 aromatic rings. The van der Waals surface area contributed by atoms with E-state index in [-0.39, 0.29) is 17.5 Å². The van der Waals surface area contributed by atoms with E-state index in [1.54, 1.807) is 0 Å². The molecule has 0 heterocycles. The first kappa shape index (κ1) is 14.4. The van der Waals surface area contributed by atoms with Crippen molar-refractivity contribution in [3.8, 4) is 0 Å². The lowest BCUT2D eigenvalue weighted by molar-refractivity contribution is -0.122. The topological polar surface area (TPSA) is 58.2 Å². The summed E-state index contributed by atoms with van der Waals surface area (Å²) in [5, 5.41) is 4.98. The first-order chi connectivity index (χ1) is 9.38. The quantitative estimate of drug-likeness (QED) is 0.824. The monoisotopic (exact) mass is 286 g/mol. The molecule has 20 heavy (non-hydrogen) atoms. The summed E-state index contributed by atoms with van der Waals surface area (Å²) in [4.78, 5) is 23.3. The van der Waals surface area contributed by atoms with Gasteiger partial charge in [-0.3, -0.25) is 9.59 Å². The van der Waals surface area contributed by atoms with Crippen LogP contribution in [-0.2, 0) is 4.79 Å². The summed E-state index contributed by atoms with van der Waals surface area (Å²) >= 11 is 0. The van der Waals surface area contributed by atoms with E-state index in [0.29, 0.717) is 12.1 Å². The average Bonchev–Trinajstić information content (AvgIpc) is 3.18. The first-order valence-electron chi connectivity index (χ1n) is 6.14. The Morgan fingerprint density at radius 1 is 1.20 bits per heavy atom. The van der Waals surface area contributed by atoms with Crippen molar-refractivity contribution in [3.63, 3.8) is 0 Å². The molecule has 2 rings (SSSR count). The highest BCUT2D eigenvalue weighted by atomic mass is 19.2. The molecule has 1 saturated carbocycles. The minimum absolute atomic E-state index is 0.141. The van der Waals surface area contributed by atoms with E-state index in [0.717, 1.165) is 12.8 Å². The molecule has 1 atom stereocenters. The number of carbonyl (C=O) groups is 2. The van der Waals surface area contributed by atoms with Gasteiger partial charge in [-0.1, -0.05) is 0 Å². The van der Waals surface area contributed by atoms with Crippen LogP contribution in [0.5, 0.6) is 0 Å². The number of benzene rings is 1. The van der Waals surface area contributed by atoms with E-state index in [4.69, 9.17) is 0 Å². The zero-order valence-corrected chi connectivity index (χ0v) is 10.7. The van der Waals surface area contributed by atoms with Crippen molar-refractivity contribution in [2.45, 2.75) is 31.8 Å². The van der Waals surface area contributed by atoms with Gasteiger partial charge in [0.1, 0.15) is 6.04 Å². The Morgan fingerprint density at radius 3 is 2.25 bits per heavy atom. The predicted molar refractivity (Wildman–Crippen MR) is 64.4 cm³/mol. The van der Waals surface area contributed by atoms with Gasteiger partial charge in [-0.25, -0.2) is 13.2 Å². The molecule has 0 aromatic heterocycles. The Labute approximate surface area is 113 Å². The van der Waals surface area contributed by atoms with E-state index >= 15 is 0 Å². The van der Waals surface area contributed by atoms with Crippen molar-refractivity contribution in [3.05, 3.63) is 35.1 Å². The van der Waals surface area contributed by atoms with Gasteiger partial charge in [0.25, 0.3) is 5.91 Å². The zero-order valence-electron chi connectivity index (χ0n) is 10.7. The Morgan fingerprint density at radius 2 is 1.75 bits per heavy atom. The molecule has 1 aromatic carbocycles. The fraction of sp³-hybridized carbons (Fsp3) is 0.385. The van der Waals surface area contributed by atoms with E-state index in [1.165, 1.54) is 6.92 Å². The molecule has 2 N–H and O–H groups in total. The Hall–Kier alpha value is -2.05. The molecule has 0 aliphatic heterocycles. The molecule has 0 saturated heterocycles. The second-order valence-electron chi connectivity index (χ2n) is 4.73. The van der Waals surface area contributed by atoms with Crippen LogP contribution in [-0.4, -0.2) is 23.9 Å². The van der Waals surface area contributed by atoms with Crippen LogP contribution in [0.3, 0.4) is 0 Å². The van der Waals surface area contributed by atoms with Crippen LogP contribution in [0.2, 0.25) is 0 Å². The maximum atomic E-state index is 13.0. The molecule has 2 amide bonds. The molecule has 1 aliphatic rings. The highest BCUT2D eigenvalue weighted by Gasteiger charge is 2.26. The van der Waals surface area contributed by atoms with Gasteiger partial charge in [-0.05, 0) is 31.9 Å². The van der Waals surface area contributed by atoms with E-state index < -0.39 is 29.4 Å². The van der Waals surface area contributed by atoms with Crippen molar-refractivity contribution in [1.29, 1.82) is 0 Å². The summed E-state index contributed by atoms with van der Waals surface area (Å²) in [6.07, 6.45) is 1.81. The third-order valence-corrected chi connectivity index (χ3v) is 2.91. The number of hydrogen-bond donors (Lipinski definition) is 2. The van der Waals surface area contributed by atoms with Crippen molar-refractivity contribution in [1.82, 2.24) is 10.6 Å². The molecule has 1 unspecified atom stereocenters. The van der Waals surface area contributed by atoms with Gasteiger partial charge in [-0.15, -0.1) is 0 Å². The highest BCUT2D eigenvalue weighted by Crippen LogP contribution is 2.18. The summed E-state index contributed by atoms with van der Waals surface area (Å²) in [7, 11) is 0. The van der Waals surface area contributed by atoms with Crippen LogP contribution >= 0.6 is 0 Å². The van der Waals surface area contributed by atoms with Gasteiger partial charge >= 0.3 is 0 Å². The lowest BCUT2D eigenvalue weighted by Gasteiger charge is -2.14. The third-order valence-electron chi connectivity index (χ3n) is 2.91. The Bertz CT molecular complexity index is 536. The maximum Gasteiger partial charge on any atom is 0.252 e. The van der Waals surface area contributed by atoms with Gasteiger partial charge in [-0.2, -0.15) is 0 Å². The van der Waals surface area contributed by atoms with Crippen LogP contribution < -0.4 is 10.6 Å². The molecule has 0 radical (unpaired) electrons. The summed E-state index contributed by atoms with van der Waals surface area (Å²) < 4.78 is 38.8. The van der Waals surface area contributed by atoms with Crippen LogP contribution in [0, 0.1) is 17.5 Å². The molecule has 1 fully saturated rings. The summed E-state index contributed by atoms with van der Waals surface area (Å²) in [6, 6.07) is 0.459. The number of nitrogens with one attached hydrogen (secondary N) is 2. The summed E-state index contributed by atoms with van der Waals surface area (Å²) in [5.74, 6) is -5.76. The first-order valence-corrected chi connectivity index (χ1v) is 6.14. The standard InChI is InChI=1S/C13H13F3N2O2/c1-6(12(19)18-8-2-3-8)17-13(20)7-4-9(14)11(16)10(15)5-7/h4-6,8H,2-3H2,1H3,(H,17,20)(H,18,19). The van der Waals surface area contributed by atoms with Gasteiger partial charge in [0, 0.05) is 11.6 Å². The Kier molecular flexibility index (Phi) is 3.96. The maximum absolute atomic E-state index is 13.0. The number of halogens is 3. The van der Waals surface area contributed by atoms with E-state index in [2.05, 4.69) is 10.6 Å². The van der Waals surface area contributed by atoms with Crippen molar-refractivity contribution in [2.75, 3.05) is 0 Å². The van der Waals surface area contributed by atoms with Crippen molar-refractivity contribution < 1.29 is 22.8 Å². The van der Waals surface area contributed by atoms with Gasteiger partial charge in [0.05, 0.1) is 0 Å². The second kappa shape index (κ2) is 5.52. The molecule has 0 spiro atoms. The lowest BCUT2D eigenvalue weighted by Crippen LogP contribution is -2.45. The Balaban J connectivity index is 2.01. The molecular weight excluding hydrogens is 273 g/mol. The molecule has 108 valence electrons. The third kappa shape index (κ3) is 3.28.